The van der Waals surface area contributed by atoms with Gasteiger partial charge in [-0.05, 0) is 32.2 Å². The molecule has 0 bridgehead atoms. The highest BCUT2D eigenvalue weighted by atomic mass is 16.1. The van der Waals surface area contributed by atoms with Crippen LogP contribution in [0.15, 0.2) is 17.2 Å². The Morgan fingerprint density at radius 1 is 1.42 bits per heavy atom. The van der Waals surface area contributed by atoms with Crippen molar-refractivity contribution in [3.05, 3.63) is 22.7 Å². The van der Waals surface area contributed by atoms with Crippen LogP contribution in [-0.4, -0.2) is 35.2 Å². The number of aromatic nitrogens is 2. The largest absolute Gasteiger partial charge is 0.352 e. The Morgan fingerprint density at radius 3 is 2.74 bits per heavy atom. The normalized spacial score (nSPS) is 23.3. The topological polar surface area (TPSA) is 50.2 Å². The van der Waals surface area contributed by atoms with Crippen LogP contribution in [0.4, 0.5) is 5.82 Å². The summed E-state index contributed by atoms with van der Waals surface area (Å²) in [6, 6.07) is 1.07. The van der Waals surface area contributed by atoms with Crippen molar-refractivity contribution in [1.82, 2.24) is 14.9 Å². The molecule has 19 heavy (non-hydrogen) atoms. The smallest absolute Gasteiger partial charge is 0.293 e. The van der Waals surface area contributed by atoms with Crippen LogP contribution in [0.5, 0.6) is 0 Å². The fraction of sp³-hybridized carbons (Fsp3) is 0.714. The summed E-state index contributed by atoms with van der Waals surface area (Å²) in [7, 11) is 3.76. The van der Waals surface area contributed by atoms with Crippen LogP contribution in [0.25, 0.3) is 0 Å². The molecule has 1 aromatic heterocycles. The average molecular weight is 264 g/mol. The minimum atomic E-state index is -0.0150. The molecule has 1 aliphatic rings. The van der Waals surface area contributed by atoms with Gasteiger partial charge in [0.25, 0.3) is 5.56 Å². The zero-order valence-corrected chi connectivity index (χ0v) is 12.1. The highest BCUT2D eigenvalue weighted by Crippen LogP contribution is 2.23. The van der Waals surface area contributed by atoms with Crippen LogP contribution >= 0.6 is 0 Å². The lowest BCUT2D eigenvalue weighted by molar-refractivity contribution is 0.340. The van der Waals surface area contributed by atoms with Crippen LogP contribution < -0.4 is 15.8 Å². The van der Waals surface area contributed by atoms with Crippen LogP contribution in [0.1, 0.15) is 32.6 Å². The van der Waals surface area contributed by atoms with Gasteiger partial charge in [0.15, 0.2) is 5.82 Å². The first-order chi connectivity index (χ1) is 9.13. The van der Waals surface area contributed by atoms with E-state index in [0.29, 0.717) is 17.9 Å². The van der Waals surface area contributed by atoms with Gasteiger partial charge in [-0.3, -0.25) is 4.79 Å². The molecule has 1 heterocycles. The Kier molecular flexibility index (Phi) is 4.58. The molecule has 1 aromatic rings. The summed E-state index contributed by atoms with van der Waals surface area (Å²) in [5.41, 5.74) is -0.0150. The number of nitrogens with one attached hydrogen (secondary N) is 1. The van der Waals surface area contributed by atoms with Crippen molar-refractivity contribution >= 4 is 5.82 Å². The minimum absolute atomic E-state index is 0.0150. The third-order valence-electron chi connectivity index (χ3n) is 4.07. The molecule has 0 spiro atoms. The Hall–Kier alpha value is -1.36. The molecule has 0 aliphatic heterocycles. The van der Waals surface area contributed by atoms with Gasteiger partial charge in [0.1, 0.15) is 0 Å². The average Bonchev–Trinajstić information content (AvgIpc) is 2.42. The summed E-state index contributed by atoms with van der Waals surface area (Å²) in [5, 5.41) is 3.50. The summed E-state index contributed by atoms with van der Waals surface area (Å²) in [6.07, 6.45) is 7.98. The highest BCUT2D eigenvalue weighted by Gasteiger charge is 2.25. The number of hydrogen-bond donors (Lipinski definition) is 1. The second-order valence-electron chi connectivity index (χ2n) is 5.34. The van der Waals surface area contributed by atoms with Gasteiger partial charge in [-0.2, -0.15) is 0 Å². The second kappa shape index (κ2) is 6.19. The molecule has 1 saturated carbocycles. The van der Waals surface area contributed by atoms with Crippen molar-refractivity contribution in [2.24, 2.45) is 7.05 Å². The van der Waals surface area contributed by atoms with Crippen molar-refractivity contribution in [2.75, 3.05) is 18.5 Å². The zero-order chi connectivity index (χ0) is 13.8. The summed E-state index contributed by atoms with van der Waals surface area (Å²) in [4.78, 5) is 18.4. The molecule has 0 saturated heterocycles. The molecule has 1 fully saturated rings. The predicted molar refractivity (Wildman–Crippen MR) is 77.6 cm³/mol. The van der Waals surface area contributed by atoms with Crippen LogP contribution in [0.3, 0.4) is 0 Å². The Labute approximate surface area is 114 Å². The molecule has 106 valence electrons. The molecule has 2 rings (SSSR count). The molecular formula is C14H24N4O. The molecule has 5 heteroatoms. The van der Waals surface area contributed by atoms with Gasteiger partial charge in [-0.25, -0.2) is 4.98 Å². The fourth-order valence-electron chi connectivity index (χ4n) is 2.86. The SMILES string of the molecule is CCNC1CCC(N(C)c2nccn(C)c2=O)CC1. The van der Waals surface area contributed by atoms with Gasteiger partial charge in [-0.15, -0.1) is 0 Å². The van der Waals surface area contributed by atoms with Gasteiger partial charge in [0.2, 0.25) is 0 Å². The van der Waals surface area contributed by atoms with Crippen molar-refractivity contribution in [2.45, 2.75) is 44.7 Å². The van der Waals surface area contributed by atoms with E-state index in [1.54, 1.807) is 24.0 Å². The van der Waals surface area contributed by atoms with E-state index < -0.39 is 0 Å². The molecule has 0 atom stereocenters. The Balaban J connectivity index is 2.03. The molecule has 0 radical (unpaired) electrons. The molecule has 5 nitrogen and oxygen atoms in total. The summed E-state index contributed by atoms with van der Waals surface area (Å²) >= 11 is 0. The quantitative estimate of drug-likeness (QED) is 0.886. The van der Waals surface area contributed by atoms with Crippen LogP contribution in [0.2, 0.25) is 0 Å². The van der Waals surface area contributed by atoms with Crippen LogP contribution in [-0.2, 0) is 7.05 Å². The maximum Gasteiger partial charge on any atom is 0.293 e. The molecule has 0 unspecified atom stereocenters. The van der Waals surface area contributed by atoms with E-state index in [1.165, 1.54) is 12.8 Å². The Morgan fingerprint density at radius 2 is 2.11 bits per heavy atom. The lowest BCUT2D eigenvalue weighted by Gasteiger charge is -2.35. The van der Waals surface area contributed by atoms with E-state index in [0.717, 1.165) is 19.4 Å². The third-order valence-corrected chi connectivity index (χ3v) is 4.07. The van der Waals surface area contributed by atoms with Gasteiger partial charge in [0.05, 0.1) is 0 Å². The minimum Gasteiger partial charge on any atom is -0.352 e. The van der Waals surface area contributed by atoms with Crippen molar-refractivity contribution in [3.63, 3.8) is 0 Å². The maximum atomic E-state index is 12.1. The van der Waals surface area contributed by atoms with E-state index in [9.17, 15) is 4.79 Å². The zero-order valence-electron chi connectivity index (χ0n) is 12.1. The van der Waals surface area contributed by atoms with E-state index in [4.69, 9.17) is 0 Å². The number of aryl methyl sites for hydroxylation is 1. The van der Waals surface area contributed by atoms with Crippen LogP contribution in [0, 0.1) is 0 Å². The predicted octanol–water partition coefficient (Wildman–Crippen LogP) is 1.14. The highest BCUT2D eigenvalue weighted by molar-refractivity contribution is 5.36. The number of rotatable bonds is 4. The summed E-state index contributed by atoms with van der Waals surface area (Å²) in [5.74, 6) is 0.567. The lowest BCUT2D eigenvalue weighted by atomic mass is 9.90. The van der Waals surface area contributed by atoms with Gasteiger partial charge in [0, 0.05) is 38.6 Å². The van der Waals surface area contributed by atoms with Crippen molar-refractivity contribution < 1.29 is 0 Å². The fourth-order valence-corrected chi connectivity index (χ4v) is 2.86. The molecule has 0 amide bonds. The van der Waals surface area contributed by atoms with Gasteiger partial charge < -0.3 is 14.8 Å². The first-order valence-corrected chi connectivity index (χ1v) is 7.11. The number of nitrogens with zero attached hydrogens (tertiary/aromatic N) is 3. The first kappa shape index (κ1) is 14.1. The standard InChI is InChI=1S/C14H24N4O/c1-4-15-11-5-7-12(8-6-11)18(3)13-14(19)17(2)10-9-16-13/h9-12,15H,4-8H2,1-3H3. The van der Waals surface area contributed by atoms with Crippen molar-refractivity contribution in [3.8, 4) is 0 Å². The van der Waals surface area contributed by atoms with Crippen molar-refractivity contribution in [1.29, 1.82) is 0 Å². The van der Waals surface area contributed by atoms with Gasteiger partial charge in [-0.1, -0.05) is 6.92 Å². The maximum absolute atomic E-state index is 12.1. The van der Waals surface area contributed by atoms with Gasteiger partial charge >= 0.3 is 0 Å². The van der Waals surface area contributed by atoms with E-state index in [1.807, 2.05) is 7.05 Å². The van der Waals surface area contributed by atoms with E-state index in [-0.39, 0.29) is 5.56 Å². The lowest BCUT2D eigenvalue weighted by Crippen LogP contribution is -2.43. The molecule has 1 N–H and O–H groups in total. The molecule has 0 aromatic carbocycles. The molecule has 1 aliphatic carbocycles. The van der Waals surface area contributed by atoms with E-state index >= 15 is 0 Å². The summed E-state index contributed by atoms with van der Waals surface area (Å²) in [6.45, 7) is 3.18. The Bertz CT molecular complexity index is 463. The number of anilines is 1. The van der Waals surface area contributed by atoms with E-state index in [2.05, 4.69) is 22.1 Å². The summed E-state index contributed by atoms with van der Waals surface area (Å²) < 4.78 is 1.59. The molecular weight excluding hydrogens is 240 g/mol. The second-order valence-corrected chi connectivity index (χ2v) is 5.34. The monoisotopic (exact) mass is 264 g/mol. The third kappa shape index (κ3) is 3.15. The number of hydrogen-bond acceptors (Lipinski definition) is 4. The first-order valence-electron chi connectivity index (χ1n) is 7.11.